The van der Waals surface area contributed by atoms with Crippen LogP contribution < -0.4 is 9.47 Å². The number of hydrogen-bond acceptors (Lipinski definition) is 4. The Labute approximate surface area is 176 Å². The quantitative estimate of drug-likeness (QED) is 0.498. The van der Waals surface area contributed by atoms with Crippen LogP contribution in [0.4, 0.5) is 0 Å². The lowest BCUT2D eigenvalue weighted by Crippen LogP contribution is -2.31. The van der Waals surface area contributed by atoms with Crippen LogP contribution >= 0.6 is 0 Å². The maximum atomic E-state index is 6.32. The van der Waals surface area contributed by atoms with Crippen molar-refractivity contribution in [2.75, 3.05) is 46.9 Å². The van der Waals surface area contributed by atoms with E-state index in [2.05, 4.69) is 48.2 Å². The topological polar surface area (TPSA) is 24.9 Å². The number of likely N-dealkylation sites (tertiary alicyclic amines) is 1. The molecule has 0 saturated carbocycles. The Balaban J connectivity index is 1.56. The smallest absolute Gasteiger partial charge is 0.125 e. The molecule has 3 rings (SSSR count). The van der Waals surface area contributed by atoms with Crippen LogP contribution in [0, 0.1) is 0 Å². The number of para-hydroxylation sites is 1. The molecule has 1 saturated heterocycles. The molecule has 0 aromatic heterocycles. The number of piperidine rings is 1. The van der Waals surface area contributed by atoms with Crippen molar-refractivity contribution >= 4 is 0 Å². The van der Waals surface area contributed by atoms with Gasteiger partial charge < -0.3 is 19.3 Å². The van der Waals surface area contributed by atoms with Gasteiger partial charge in [0.15, 0.2) is 0 Å². The Morgan fingerprint density at radius 3 is 2.45 bits per heavy atom. The number of nitrogens with zero attached hydrogens (tertiary/aromatic N) is 2. The second-order valence-corrected chi connectivity index (χ2v) is 8.19. The lowest BCUT2D eigenvalue weighted by atomic mass is 10.1. The molecular weight excluding hydrogens is 360 g/mol. The zero-order valence-electron chi connectivity index (χ0n) is 18.1. The van der Waals surface area contributed by atoms with Crippen molar-refractivity contribution in [2.45, 2.75) is 38.2 Å². The monoisotopic (exact) mass is 396 g/mol. The maximum Gasteiger partial charge on any atom is 0.125 e. The van der Waals surface area contributed by atoms with Crippen LogP contribution in [0.2, 0.25) is 0 Å². The van der Waals surface area contributed by atoms with Crippen molar-refractivity contribution < 1.29 is 9.47 Å². The second kappa shape index (κ2) is 11.8. The van der Waals surface area contributed by atoms with Crippen molar-refractivity contribution in [3.8, 4) is 11.5 Å². The molecule has 1 fully saturated rings. The Hall–Kier alpha value is -2.04. The van der Waals surface area contributed by atoms with Gasteiger partial charge in [-0.05, 0) is 76.3 Å². The highest BCUT2D eigenvalue weighted by molar-refractivity contribution is 5.31. The van der Waals surface area contributed by atoms with Crippen LogP contribution in [0.15, 0.2) is 54.6 Å². The third kappa shape index (κ3) is 7.71. The summed E-state index contributed by atoms with van der Waals surface area (Å²) in [5.74, 6) is 1.84. The molecule has 29 heavy (non-hydrogen) atoms. The summed E-state index contributed by atoms with van der Waals surface area (Å²) in [5, 5.41) is 0. The summed E-state index contributed by atoms with van der Waals surface area (Å²) in [6.07, 6.45) is 6.10. The number of benzene rings is 2. The van der Waals surface area contributed by atoms with E-state index in [-0.39, 0.29) is 6.10 Å². The molecule has 1 atom stereocenters. The molecule has 0 radical (unpaired) electrons. The lowest BCUT2D eigenvalue weighted by molar-refractivity contribution is 0.178. The molecule has 0 aliphatic carbocycles. The Morgan fingerprint density at radius 2 is 1.69 bits per heavy atom. The van der Waals surface area contributed by atoms with Gasteiger partial charge in [-0.2, -0.15) is 0 Å². The summed E-state index contributed by atoms with van der Waals surface area (Å²) >= 11 is 0. The highest BCUT2D eigenvalue weighted by Gasteiger charge is 2.15. The largest absolute Gasteiger partial charge is 0.494 e. The fourth-order valence-corrected chi connectivity index (χ4v) is 3.80. The summed E-state index contributed by atoms with van der Waals surface area (Å²) in [6.45, 7) is 5.38. The van der Waals surface area contributed by atoms with Gasteiger partial charge in [0.05, 0.1) is 6.61 Å². The fraction of sp³-hybridized carbons (Fsp3) is 0.520. The van der Waals surface area contributed by atoms with Crippen LogP contribution in [-0.2, 0) is 0 Å². The fourth-order valence-electron chi connectivity index (χ4n) is 3.80. The lowest BCUT2D eigenvalue weighted by Gasteiger charge is -2.26. The van der Waals surface area contributed by atoms with Gasteiger partial charge in [0.25, 0.3) is 0 Å². The molecule has 4 heteroatoms. The molecule has 0 amide bonds. The van der Waals surface area contributed by atoms with Gasteiger partial charge in [-0.3, -0.25) is 0 Å². The minimum atomic E-state index is 0.0108. The van der Waals surface area contributed by atoms with Gasteiger partial charge in [-0.1, -0.05) is 36.8 Å². The SMILES string of the molecule is CN(C)CCC(Oc1ccccc1)c1cccc(OCCCN2CCCCC2)c1. The van der Waals surface area contributed by atoms with Crippen LogP contribution in [0.25, 0.3) is 0 Å². The normalized spacial score (nSPS) is 16.0. The molecule has 4 nitrogen and oxygen atoms in total. The average Bonchev–Trinajstić information content (AvgIpc) is 2.76. The highest BCUT2D eigenvalue weighted by Crippen LogP contribution is 2.27. The first-order valence-corrected chi connectivity index (χ1v) is 11.0. The van der Waals surface area contributed by atoms with Crippen molar-refractivity contribution in [3.05, 3.63) is 60.2 Å². The molecule has 0 spiro atoms. The molecular formula is C25H36N2O2. The van der Waals surface area contributed by atoms with Gasteiger partial charge >= 0.3 is 0 Å². The minimum absolute atomic E-state index is 0.0108. The Bertz CT molecular complexity index is 699. The van der Waals surface area contributed by atoms with Crippen molar-refractivity contribution in [2.24, 2.45) is 0 Å². The zero-order chi connectivity index (χ0) is 20.3. The Morgan fingerprint density at radius 1 is 0.931 bits per heavy atom. The van der Waals surface area contributed by atoms with Gasteiger partial charge in [0.2, 0.25) is 0 Å². The third-order valence-corrected chi connectivity index (χ3v) is 5.43. The standard InChI is InChI=1S/C25H36N2O2/c1-26(2)19-15-25(29-23-12-5-3-6-13-23)22-11-9-14-24(21-22)28-20-10-18-27-16-7-4-8-17-27/h3,5-6,9,11-14,21,25H,4,7-8,10,15-20H2,1-2H3. The summed E-state index contributed by atoms with van der Waals surface area (Å²) in [4.78, 5) is 4.76. The molecule has 1 aliphatic heterocycles. The number of rotatable bonds is 11. The second-order valence-electron chi connectivity index (χ2n) is 8.19. The summed E-state index contributed by atoms with van der Waals surface area (Å²) in [5.41, 5.74) is 1.17. The van der Waals surface area contributed by atoms with Crippen molar-refractivity contribution in [3.63, 3.8) is 0 Å². The zero-order valence-corrected chi connectivity index (χ0v) is 18.1. The van der Waals surface area contributed by atoms with E-state index in [0.717, 1.165) is 44.0 Å². The Kier molecular flexibility index (Phi) is 8.84. The average molecular weight is 397 g/mol. The van der Waals surface area contributed by atoms with Crippen LogP contribution in [0.1, 0.15) is 43.8 Å². The maximum absolute atomic E-state index is 6.32. The van der Waals surface area contributed by atoms with E-state index in [9.17, 15) is 0 Å². The molecule has 2 aromatic rings. The van der Waals surface area contributed by atoms with E-state index in [0.29, 0.717) is 0 Å². The van der Waals surface area contributed by atoms with E-state index in [1.807, 2.05) is 30.3 Å². The molecule has 2 aromatic carbocycles. The van der Waals surface area contributed by atoms with Crippen molar-refractivity contribution in [1.82, 2.24) is 9.80 Å². The third-order valence-electron chi connectivity index (χ3n) is 5.43. The first-order valence-electron chi connectivity index (χ1n) is 11.0. The summed E-state index contributed by atoms with van der Waals surface area (Å²) < 4.78 is 12.4. The molecule has 158 valence electrons. The first kappa shape index (κ1) is 21.7. The minimum Gasteiger partial charge on any atom is -0.494 e. The van der Waals surface area contributed by atoms with Crippen LogP contribution in [-0.4, -0.2) is 56.7 Å². The van der Waals surface area contributed by atoms with Gasteiger partial charge in [-0.15, -0.1) is 0 Å². The molecule has 1 heterocycles. The predicted octanol–water partition coefficient (Wildman–Crippen LogP) is 5.01. The molecule has 1 aliphatic rings. The first-order chi connectivity index (χ1) is 14.2. The van der Waals surface area contributed by atoms with Crippen LogP contribution in [0.5, 0.6) is 11.5 Å². The summed E-state index contributed by atoms with van der Waals surface area (Å²) in [7, 11) is 4.20. The van der Waals surface area contributed by atoms with Crippen molar-refractivity contribution in [1.29, 1.82) is 0 Å². The van der Waals surface area contributed by atoms with Gasteiger partial charge in [0, 0.05) is 19.5 Å². The predicted molar refractivity (Wildman–Crippen MR) is 120 cm³/mol. The van der Waals surface area contributed by atoms with E-state index >= 15 is 0 Å². The van der Waals surface area contributed by atoms with E-state index in [1.165, 1.54) is 37.9 Å². The highest BCUT2D eigenvalue weighted by atomic mass is 16.5. The number of hydrogen-bond donors (Lipinski definition) is 0. The summed E-state index contributed by atoms with van der Waals surface area (Å²) in [6, 6.07) is 18.5. The van der Waals surface area contributed by atoms with Gasteiger partial charge in [-0.25, -0.2) is 0 Å². The van der Waals surface area contributed by atoms with Gasteiger partial charge in [0.1, 0.15) is 17.6 Å². The molecule has 1 unspecified atom stereocenters. The van der Waals surface area contributed by atoms with E-state index in [4.69, 9.17) is 9.47 Å². The van der Waals surface area contributed by atoms with E-state index < -0.39 is 0 Å². The van der Waals surface area contributed by atoms with E-state index in [1.54, 1.807) is 0 Å². The number of ether oxygens (including phenoxy) is 2. The molecule has 0 N–H and O–H groups in total. The molecule has 0 bridgehead atoms. The van der Waals surface area contributed by atoms with Crippen LogP contribution in [0.3, 0.4) is 0 Å².